The van der Waals surface area contributed by atoms with Crippen LogP contribution in [0.15, 0.2) is 47.4 Å². The third-order valence-electron chi connectivity index (χ3n) is 5.54. The maximum atomic E-state index is 13.3. The summed E-state index contributed by atoms with van der Waals surface area (Å²) < 4.78 is 26.5. The van der Waals surface area contributed by atoms with Gasteiger partial charge in [-0.1, -0.05) is 12.1 Å². The topological polar surface area (TPSA) is 76.3 Å². The lowest BCUT2D eigenvalue weighted by molar-refractivity contribution is -0.113. The summed E-state index contributed by atoms with van der Waals surface area (Å²) in [6.45, 7) is 5.40. The van der Waals surface area contributed by atoms with Crippen molar-refractivity contribution in [2.75, 3.05) is 24.3 Å². The highest BCUT2D eigenvalue weighted by molar-refractivity contribution is 8.00. The molecular formula is C25H24FN3O3S. The van der Waals surface area contributed by atoms with Crippen LogP contribution in [-0.4, -0.2) is 29.4 Å². The Bertz CT molecular complexity index is 1220. The normalized spacial score (nSPS) is 12.7. The Morgan fingerprint density at radius 2 is 1.88 bits per heavy atom. The van der Waals surface area contributed by atoms with Gasteiger partial charge in [0.25, 0.3) is 0 Å². The number of rotatable bonds is 6. The summed E-state index contributed by atoms with van der Waals surface area (Å²) in [5.41, 5.74) is 2.99. The van der Waals surface area contributed by atoms with Crippen LogP contribution in [0.4, 0.5) is 10.2 Å². The van der Waals surface area contributed by atoms with Crippen LogP contribution in [0.5, 0.6) is 11.5 Å². The predicted octanol–water partition coefficient (Wildman–Crippen LogP) is 5.06. The Morgan fingerprint density at radius 1 is 1.15 bits per heavy atom. The Balaban J connectivity index is 1.49. The first-order valence-corrected chi connectivity index (χ1v) is 11.6. The number of aromatic nitrogens is 1. The number of halogens is 1. The van der Waals surface area contributed by atoms with E-state index in [4.69, 9.17) is 9.47 Å². The van der Waals surface area contributed by atoms with Crippen LogP contribution in [0.25, 0.3) is 0 Å². The van der Waals surface area contributed by atoms with E-state index in [-0.39, 0.29) is 17.5 Å². The van der Waals surface area contributed by atoms with E-state index >= 15 is 0 Å². The van der Waals surface area contributed by atoms with E-state index in [1.165, 1.54) is 23.9 Å². The van der Waals surface area contributed by atoms with Crippen molar-refractivity contribution in [2.24, 2.45) is 0 Å². The van der Waals surface area contributed by atoms with Crippen LogP contribution in [0.2, 0.25) is 0 Å². The standard InChI is InChI=1S/C25H24FN3O3S/c1-16-17(2)29(14-18-4-6-19(26)7-5-18)25(21(16)13-27)28-24(30)15-33-20-8-9-22-23(12-20)32-11-3-10-31-22/h4-9,12H,3,10-11,14-15H2,1-2H3,(H,28,30). The van der Waals surface area contributed by atoms with E-state index in [2.05, 4.69) is 11.4 Å². The van der Waals surface area contributed by atoms with Crippen molar-refractivity contribution in [3.8, 4) is 17.6 Å². The molecule has 1 N–H and O–H groups in total. The number of thioether (sulfide) groups is 1. The zero-order valence-electron chi connectivity index (χ0n) is 18.5. The first-order chi connectivity index (χ1) is 16.0. The molecule has 8 heteroatoms. The zero-order valence-corrected chi connectivity index (χ0v) is 19.3. The molecule has 1 aromatic heterocycles. The molecule has 0 spiro atoms. The fourth-order valence-electron chi connectivity index (χ4n) is 3.65. The monoisotopic (exact) mass is 465 g/mol. The molecule has 0 unspecified atom stereocenters. The van der Waals surface area contributed by atoms with Crippen LogP contribution in [0.3, 0.4) is 0 Å². The summed E-state index contributed by atoms with van der Waals surface area (Å²) in [5.74, 6) is 1.50. The van der Waals surface area contributed by atoms with Crippen molar-refractivity contribution in [1.29, 1.82) is 5.26 Å². The number of hydrogen-bond donors (Lipinski definition) is 1. The van der Waals surface area contributed by atoms with E-state index in [0.29, 0.717) is 42.6 Å². The van der Waals surface area contributed by atoms with Crippen molar-refractivity contribution >= 4 is 23.5 Å². The summed E-state index contributed by atoms with van der Waals surface area (Å²) in [6, 6.07) is 14.0. The molecule has 2 heterocycles. The molecule has 0 bridgehead atoms. The predicted molar refractivity (Wildman–Crippen MR) is 126 cm³/mol. The number of nitriles is 1. The highest BCUT2D eigenvalue weighted by Gasteiger charge is 2.20. The highest BCUT2D eigenvalue weighted by Crippen LogP contribution is 2.34. The summed E-state index contributed by atoms with van der Waals surface area (Å²) in [7, 11) is 0. The van der Waals surface area contributed by atoms with Crippen molar-refractivity contribution in [3.05, 3.63) is 70.7 Å². The summed E-state index contributed by atoms with van der Waals surface area (Å²) in [4.78, 5) is 13.7. The second-order valence-corrected chi connectivity index (χ2v) is 8.80. The number of nitrogens with zero attached hydrogens (tertiary/aromatic N) is 2. The van der Waals surface area contributed by atoms with Crippen molar-refractivity contribution in [1.82, 2.24) is 4.57 Å². The van der Waals surface area contributed by atoms with Gasteiger partial charge in [-0.25, -0.2) is 4.39 Å². The van der Waals surface area contributed by atoms with Crippen LogP contribution in [0, 0.1) is 31.0 Å². The van der Waals surface area contributed by atoms with Crippen LogP contribution in [-0.2, 0) is 11.3 Å². The van der Waals surface area contributed by atoms with Gasteiger partial charge in [-0.3, -0.25) is 4.79 Å². The fourth-order valence-corrected chi connectivity index (χ4v) is 4.38. The summed E-state index contributed by atoms with van der Waals surface area (Å²) in [5, 5.41) is 12.6. The largest absolute Gasteiger partial charge is 0.490 e. The number of benzene rings is 2. The molecule has 0 saturated carbocycles. The molecule has 4 rings (SSSR count). The first kappa shape index (κ1) is 22.7. The number of hydrogen-bond acceptors (Lipinski definition) is 5. The van der Waals surface area contributed by atoms with Crippen LogP contribution >= 0.6 is 11.8 Å². The molecule has 1 aliphatic heterocycles. The van der Waals surface area contributed by atoms with Crippen molar-refractivity contribution in [2.45, 2.75) is 31.7 Å². The maximum Gasteiger partial charge on any atom is 0.235 e. The van der Waals surface area contributed by atoms with Gasteiger partial charge in [0.2, 0.25) is 5.91 Å². The minimum absolute atomic E-state index is 0.171. The number of fused-ring (bicyclic) bond motifs is 1. The fraction of sp³-hybridized carbons (Fsp3) is 0.280. The summed E-state index contributed by atoms with van der Waals surface area (Å²) >= 11 is 1.38. The lowest BCUT2D eigenvalue weighted by Gasteiger charge is -2.14. The summed E-state index contributed by atoms with van der Waals surface area (Å²) in [6.07, 6.45) is 0.831. The van der Waals surface area contributed by atoms with Gasteiger partial charge < -0.3 is 19.4 Å². The van der Waals surface area contributed by atoms with Crippen molar-refractivity contribution in [3.63, 3.8) is 0 Å². The molecule has 1 amide bonds. The SMILES string of the molecule is Cc1c(C#N)c(NC(=O)CSc2ccc3c(c2)OCCCO3)n(Cc2ccc(F)cc2)c1C. The van der Waals surface area contributed by atoms with Gasteiger partial charge in [-0.2, -0.15) is 5.26 Å². The molecule has 0 atom stereocenters. The molecule has 0 saturated heterocycles. The molecular weight excluding hydrogens is 441 g/mol. The number of carbonyl (C=O) groups is 1. The van der Waals surface area contributed by atoms with Gasteiger partial charge in [-0.05, 0) is 55.3 Å². The third-order valence-corrected chi connectivity index (χ3v) is 6.54. The smallest absolute Gasteiger partial charge is 0.235 e. The van der Waals surface area contributed by atoms with Gasteiger partial charge >= 0.3 is 0 Å². The number of ether oxygens (including phenoxy) is 2. The third kappa shape index (κ3) is 5.15. The van der Waals surface area contributed by atoms with Gasteiger partial charge in [0.15, 0.2) is 11.5 Å². The van der Waals surface area contributed by atoms with Crippen LogP contribution in [0.1, 0.15) is 28.8 Å². The Morgan fingerprint density at radius 3 is 2.61 bits per heavy atom. The number of nitrogens with one attached hydrogen (secondary N) is 1. The van der Waals surface area contributed by atoms with E-state index in [1.807, 2.05) is 36.6 Å². The zero-order chi connectivity index (χ0) is 23.4. The maximum absolute atomic E-state index is 13.3. The average Bonchev–Trinajstić information content (AvgIpc) is 2.96. The van der Waals surface area contributed by atoms with Gasteiger partial charge in [0, 0.05) is 23.6 Å². The van der Waals surface area contributed by atoms with E-state index < -0.39 is 0 Å². The van der Waals surface area contributed by atoms with E-state index in [0.717, 1.165) is 28.1 Å². The minimum Gasteiger partial charge on any atom is -0.490 e. The minimum atomic E-state index is -0.308. The average molecular weight is 466 g/mol. The van der Waals surface area contributed by atoms with Gasteiger partial charge in [0.1, 0.15) is 17.7 Å². The number of anilines is 1. The molecule has 6 nitrogen and oxygen atoms in total. The first-order valence-electron chi connectivity index (χ1n) is 10.6. The van der Waals surface area contributed by atoms with Gasteiger partial charge in [0.05, 0.1) is 24.5 Å². The molecule has 2 aromatic carbocycles. The molecule has 33 heavy (non-hydrogen) atoms. The molecule has 0 fully saturated rings. The van der Waals surface area contributed by atoms with Crippen molar-refractivity contribution < 1.29 is 18.7 Å². The van der Waals surface area contributed by atoms with Crippen LogP contribution < -0.4 is 14.8 Å². The number of carbonyl (C=O) groups excluding carboxylic acids is 1. The van der Waals surface area contributed by atoms with Gasteiger partial charge in [-0.15, -0.1) is 11.8 Å². The quantitative estimate of drug-likeness (QED) is 0.515. The molecule has 3 aromatic rings. The Kier molecular flexibility index (Phi) is 6.90. The second-order valence-electron chi connectivity index (χ2n) is 7.75. The number of amides is 1. The Hall–Kier alpha value is -3.44. The lowest BCUT2D eigenvalue weighted by Crippen LogP contribution is -2.18. The lowest BCUT2D eigenvalue weighted by atomic mass is 10.2. The molecule has 0 aliphatic carbocycles. The van der Waals surface area contributed by atoms with E-state index in [9.17, 15) is 14.4 Å². The highest BCUT2D eigenvalue weighted by atomic mass is 32.2. The second kappa shape index (κ2) is 10.0. The van der Waals surface area contributed by atoms with E-state index in [1.54, 1.807) is 12.1 Å². The molecule has 1 aliphatic rings. The molecule has 0 radical (unpaired) electrons. The molecule has 170 valence electrons. The Labute approximate surface area is 196 Å².